The second kappa shape index (κ2) is 10.4. The highest BCUT2D eigenvalue weighted by Gasteiger charge is 2.18. The predicted molar refractivity (Wildman–Crippen MR) is 149 cm³/mol. The third kappa shape index (κ3) is 4.61. The highest BCUT2D eigenvalue weighted by atomic mass is 16.5. The Hall–Kier alpha value is -4.59. The summed E-state index contributed by atoms with van der Waals surface area (Å²) < 4.78 is 13.7. The lowest BCUT2D eigenvalue weighted by atomic mass is 9.98. The van der Waals surface area contributed by atoms with E-state index in [1.807, 2.05) is 66.3 Å². The standard InChI is InChI=1S/C30H30N4O4/c1-19-15-21(13-14-31-26-8-6-5-7-23(26)30(36)38-4)27-24(16-19)29(35)33(2)28-25(27)17-32-34(28)18-20-9-11-22(37-3)12-10-20/h5-12,15-17,31H,13-14,18H2,1-4H3. The molecule has 0 bridgehead atoms. The van der Waals surface area contributed by atoms with Crippen LogP contribution in [-0.4, -0.2) is 41.1 Å². The number of fused-ring (bicyclic) bond motifs is 3. The number of hydrogen-bond acceptors (Lipinski definition) is 6. The summed E-state index contributed by atoms with van der Waals surface area (Å²) in [7, 11) is 4.81. The van der Waals surface area contributed by atoms with E-state index >= 15 is 0 Å². The molecular weight excluding hydrogens is 480 g/mol. The van der Waals surface area contributed by atoms with E-state index in [4.69, 9.17) is 9.47 Å². The molecule has 0 radical (unpaired) electrons. The van der Waals surface area contributed by atoms with Gasteiger partial charge < -0.3 is 14.8 Å². The Kier molecular flexibility index (Phi) is 6.87. The summed E-state index contributed by atoms with van der Waals surface area (Å²) in [4.78, 5) is 25.7. The van der Waals surface area contributed by atoms with Crippen molar-refractivity contribution in [1.82, 2.24) is 14.3 Å². The molecule has 3 aromatic carbocycles. The van der Waals surface area contributed by atoms with Gasteiger partial charge in [-0.15, -0.1) is 0 Å². The van der Waals surface area contributed by atoms with Crippen molar-refractivity contribution >= 4 is 33.5 Å². The second-order valence-corrected chi connectivity index (χ2v) is 9.31. The minimum Gasteiger partial charge on any atom is -0.497 e. The Morgan fingerprint density at radius 3 is 2.53 bits per heavy atom. The van der Waals surface area contributed by atoms with Crippen LogP contribution in [0.15, 0.2) is 71.7 Å². The third-order valence-electron chi connectivity index (χ3n) is 6.83. The van der Waals surface area contributed by atoms with Gasteiger partial charge in [0.05, 0.1) is 32.5 Å². The number of nitrogens with zero attached hydrogens (tertiary/aromatic N) is 3. The lowest BCUT2D eigenvalue weighted by molar-refractivity contribution is 0.0602. The number of hydrogen-bond donors (Lipinski definition) is 1. The molecule has 194 valence electrons. The quantitative estimate of drug-likeness (QED) is 0.305. The van der Waals surface area contributed by atoms with Gasteiger partial charge in [0, 0.05) is 35.4 Å². The van der Waals surface area contributed by atoms with Gasteiger partial charge in [-0.05, 0) is 54.8 Å². The number of anilines is 1. The predicted octanol–water partition coefficient (Wildman–Crippen LogP) is 4.69. The number of pyridine rings is 1. The van der Waals surface area contributed by atoms with Gasteiger partial charge in [0.15, 0.2) is 0 Å². The molecule has 0 aliphatic rings. The molecular formula is C30H30N4O4. The SMILES string of the molecule is COC(=O)c1ccccc1NCCc1cc(C)cc2c(=O)n(C)c3c(cnn3Cc3ccc(OC)cc3)c12. The molecule has 0 saturated carbocycles. The zero-order valence-corrected chi connectivity index (χ0v) is 21.9. The summed E-state index contributed by atoms with van der Waals surface area (Å²) in [6, 6.07) is 19.2. The van der Waals surface area contributed by atoms with Crippen molar-refractivity contribution in [1.29, 1.82) is 0 Å². The molecule has 8 heteroatoms. The largest absolute Gasteiger partial charge is 0.497 e. The topological polar surface area (TPSA) is 87.4 Å². The molecule has 0 saturated heterocycles. The Balaban J connectivity index is 1.53. The number of benzene rings is 3. The average Bonchev–Trinajstić information content (AvgIpc) is 3.35. The minimum atomic E-state index is -0.386. The smallest absolute Gasteiger partial charge is 0.339 e. The summed E-state index contributed by atoms with van der Waals surface area (Å²) in [6.07, 6.45) is 2.50. The Bertz CT molecular complexity index is 1700. The van der Waals surface area contributed by atoms with Crippen molar-refractivity contribution in [2.75, 3.05) is 26.1 Å². The lowest BCUT2D eigenvalue weighted by Crippen LogP contribution is -2.20. The summed E-state index contributed by atoms with van der Waals surface area (Å²) in [5, 5.41) is 10.6. The number of para-hydroxylation sites is 1. The molecule has 0 atom stereocenters. The zero-order valence-electron chi connectivity index (χ0n) is 21.9. The van der Waals surface area contributed by atoms with Crippen LogP contribution in [0.4, 0.5) is 5.69 Å². The molecule has 1 N–H and O–H groups in total. The van der Waals surface area contributed by atoms with E-state index in [1.54, 1.807) is 24.8 Å². The third-order valence-corrected chi connectivity index (χ3v) is 6.83. The van der Waals surface area contributed by atoms with E-state index in [0.29, 0.717) is 36.1 Å². The number of aromatic nitrogens is 3. The highest BCUT2D eigenvalue weighted by molar-refractivity contribution is 6.06. The Morgan fingerprint density at radius 1 is 1.03 bits per heavy atom. The van der Waals surface area contributed by atoms with Crippen molar-refractivity contribution in [3.63, 3.8) is 0 Å². The number of methoxy groups -OCH3 is 2. The molecule has 8 nitrogen and oxygen atoms in total. The first-order valence-electron chi connectivity index (χ1n) is 12.4. The number of rotatable bonds is 8. The number of ether oxygens (including phenoxy) is 2. The van der Waals surface area contributed by atoms with E-state index in [-0.39, 0.29) is 11.5 Å². The maximum Gasteiger partial charge on any atom is 0.339 e. The van der Waals surface area contributed by atoms with Crippen LogP contribution in [0.3, 0.4) is 0 Å². The van der Waals surface area contributed by atoms with Crippen LogP contribution in [0.1, 0.15) is 27.0 Å². The molecule has 0 unspecified atom stereocenters. The zero-order chi connectivity index (χ0) is 26.8. The van der Waals surface area contributed by atoms with Gasteiger partial charge in [0.1, 0.15) is 11.4 Å². The number of esters is 1. The number of carbonyl (C=O) groups excluding carboxylic acids is 1. The van der Waals surface area contributed by atoms with Crippen molar-refractivity contribution in [2.45, 2.75) is 19.9 Å². The number of nitrogens with one attached hydrogen (secondary N) is 1. The average molecular weight is 511 g/mol. The maximum absolute atomic E-state index is 13.5. The minimum absolute atomic E-state index is 0.0575. The normalized spacial score (nSPS) is 11.2. The molecule has 5 aromatic rings. The van der Waals surface area contributed by atoms with Crippen LogP contribution in [0, 0.1) is 6.92 Å². The molecule has 0 amide bonds. The molecule has 0 spiro atoms. The van der Waals surface area contributed by atoms with Gasteiger partial charge >= 0.3 is 5.97 Å². The Morgan fingerprint density at radius 2 is 1.79 bits per heavy atom. The van der Waals surface area contributed by atoms with E-state index in [1.165, 1.54) is 7.11 Å². The number of aryl methyl sites for hydroxylation is 2. The fourth-order valence-electron chi connectivity index (χ4n) is 5.01. The van der Waals surface area contributed by atoms with Gasteiger partial charge in [0.2, 0.25) is 0 Å². The monoisotopic (exact) mass is 510 g/mol. The van der Waals surface area contributed by atoms with E-state index in [0.717, 1.165) is 38.9 Å². The van der Waals surface area contributed by atoms with Gasteiger partial charge in [-0.2, -0.15) is 5.10 Å². The van der Waals surface area contributed by atoms with Crippen LogP contribution >= 0.6 is 0 Å². The molecule has 2 aromatic heterocycles. The van der Waals surface area contributed by atoms with Crippen LogP contribution in [0.5, 0.6) is 5.75 Å². The van der Waals surface area contributed by atoms with Gasteiger partial charge in [-0.3, -0.25) is 9.36 Å². The molecule has 0 fully saturated rings. The van der Waals surface area contributed by atoms with E-state index in [2.05, 4.69) is 16.5 Å². The summed E-state index contributed by atoms with van der Waals surface area (Å²) in [6.45, 7) is 3.10. The maximum atomic E-state index is 13.5. The van der Waals surface area contributed by atoms with Crippen molar-refractivity contribution in [2.24, 2.45) is 7.05 Å². The van der Waals surface area contributed by atoms with Crippen LogP contribution in [0.2, 0.25) is 0 Å². The lowest BCUT2D eigenvalue weighted by Gasteiger charge is -2.15. The first kappa shape index (κ1) is 25.1. The fourth-order valence-corrected chi connectivity index (χ4v) is 5.01. The molecule has 38 heavy (non-hydrogen) atoms. The summed E-state index contributed by atoms with van der Waals surface area (Å²) in [5.74, 6) is 0.406. The highest BCUT2D eigenvalue weighted by Crippen LogP contribution is 2.28. The first-order valence-corrected chi connectivity index (χ1v) is 12.4. The molecule has 5 rings (SSSR count). The van der Waals surface area contributed by atoms with Crippen molar-refractivity contribution in [3.8, 4) is 5.75 Å². The van der Waals surface area contributed by atoms with Gasteiger partial charge in [0.25, 0.3) is 5.56 Å². The second-order valence-electron chi connectivity index (χ2n) is 9.31. The molecule has 2 heterocycles. The molecule has 0 aliphatic heterocycles. The fraction of sp³-hybridized carbons (Fsp3) is 0.233. The van der Waals surface area contributed by atoms with Crippen LogP contribution in [-0.2, 0) is 24.8 Å². The van der Waals surface area contributed by atoms with Gasteiger partial charge in [-0.1, -0.05) is 35.9 Å². The van der Waals surface area contributed by atoms with Crippen molar-refractivity contribution in [3.05, 3.63) is 99.5 Å². The van der Waals surface area contributed by atoms with Gasteiger partial charge in [-0.25, -0.2) is 9.48 Å². The van der Waals surface area contributed by atoms with E-state index < -0.39 is 0 Å². The van der Waals surface area contributed by atoms with E-state index in [9.17, 15) is 9.59 Å². The first-order chi connectivity index (χ1) is 18.4. The molecule has 0 aliphatic carbocycles. The Labute approximate surface area is 220 Å². The number of carbonyl (C=O) groups is 1. The van der Waals surface area contributed by atoms with Crippen LogP contribution in [0.25, 0.3) is 21.8 Å². The van der Waals surface area contributed by atoms with Crippen LogP contribution < -0.4 is 15.6 Å². The van der Waals surface area contributed by atoms with Crippen molar-refractivity contribution < 1.29 is 14.3 Å². The summed E-state index contributed by atoms with van der Waals surface area (Å²) >= 11 is 0. The summed E-state index contributed by atoms with van der Waals surface area (Å²) in [5.41, 5.74) is 5.04.